The van der Waals surface area contributed by atoms with E-state index in [4.69, 9.17) is 26.3 Å². The number of hydrogen-bond acceptors (Lipinski definition) is 4. The Kier molecular flexibility index (Phi) is 5.63. The zero-order valence-electron chi connectivity index (χ0n) is 9.94. The van der Waals surface area contributed by atoms with Crippen LogP contribution in [0.2, 0.25) is 5.02 Å². The number of ether oxygens (including phenoxy) is 2. The van der Waals surface area contributed by atoms with Crippen LogP contribution >= 0.6 is 11.6 Å². The van der Waals surface area contributed by atoms with Gasteiger partial charge in [0.15, 0.2) is 11.5 Å². The molecule has 94 valence electrons. The molecule has 0 radical (unpaired) electrons. The van der Waals surface area contributed by atoms with Crippen LogP contribution in [0.4, 0.5) is 0 Å². The molecule has 1 aromatic carbocycles. The monoisotopic (exact) mass is 257 g/mol. The van der Waals surface area contributed by atoms with E-state index in [1.165, 1.54) is 13.3 Å². The lowest BCUT2D eigenvalue weighted by atomic mass is 10.2. The summed E-state index contributed by atoms with van der Waals surface area (Å²) in [7, 11) is 1.54. The van der Waals surface area contributed by atoms with Crippen molar-refractivity contribution in [2.75, 3.05) is 13.7 Å². The van der Waals surface area contributed by atoms with Crippen molar-refractivity contribution in [1.82, 2.24) is 0 Å². The largest absolute Gasteiger partial charge is 0.493 e. The van der Waals surface area contributed by atoms with Crippen molar-refractivity contribution in [2.45, 2.75) is 19.8 Å². The van der Waals surface area contributed by atoms with Crippen LogP contribution in [0.15, 0.2) is 17.3 Å². The number of nitrogens with zero attached hydrogens (tertiary/aromatic N) is 1. The molecule has 0 aliphatic rings. The second-order valence-corrected chi connectivity index (χ2v) is 3.89. The predicted octanol–water partition coefficient (Wildman–Crippen LogP) is 3.34. The van der Waals surface area contributed by atoms with Gasteiger partial charge >= 0.3 is 0 Å². The van der Waals surface area contributed by atoms with Crippen LogP contribution in [-0.4, -0.2) is 25.1 Å². The molecule has 1 N–H and O–H groups in total. The van der Waals surface area contributed by atoms with Crippen LogP contribution < -0.4 is 9.47 Å². The van der Waals surface area contributed by atoms with Crippen LogP contribution in [-0.2, 0) is 0 Å². The van der Waals surface area contributed by atoms with E-state index >= 15 is 0 Å². The van der Waals surface area contributed by atoms with Crippen LogP contribution in [0.1, 0.15) is 25.3 Å². The zero-order chi connectivity index (χ0) is 12.7. The Morgan fingerprint density at radius 3 is 2.82 bits per heavy atom. The van der Waals surface area contributed by atoms with E-state index in [1.807, 2.05) is 0 Å². The molecule has 0 saturated heterocycles. The van der Waals surface area contributed by atoms with Gasteiger partial charge in [-0.25, -0.2) is 0 Å². The van der Waals surface area contributed by atoms with Gasteiger partial charge in [-0.3, -0.25) is 0 Å². The molecule has 0 saturated carbocycles. The van der Waals surface area contributed by atoms with E-state index in [2.05, 4.69) is 12.1 Å². The van der Waals surface area contributed by atoms with Crippen molar-refractivity contribution in [3.63, 3.8) is 0 Å². The number of oxime groups is 1. The molecule has 1 rings (SSSR count). The summed E-state index contributed by atoms with van der Waals surface area (Å²) in [5, 5.41) is 11.9. The summed E-state index contributed by atoms with van der Waals surface area (Å²) in [4.78, 5) is 0. The second-order valence-electron chi connectivity index (χ2n) is 3.48. The molecule has 0 aliphatic carbocycles. The fourth-order valence-corrected chi connectivity index (χ4v) is 1.61. The normalized spacial score (nSPS) is 10.8. The van der Waals surface area contributed by atoms with Gasteiger partial charge in [0.1, 0.15) is 0 Å². The first-order valence-electron chi connectivity index (χ1n) is 5.40. The summed E-state index contributed by atoms with van der Waals surface area (Å²) in [6, 6.07) is 3.36. The fourth-order valence-electron chi connectivity index (χ4n) is 1.34. The Bertz CT molecular complexity index is 394. The molecule has 0 fully saturated rings. The standard InChI is InChI=1S/C12H16ClNO3/c1-3-4-5-17-12-10(13)6-9(8-14-15)7-11(12)16-2/h6-8,15H,3-5H2,1-2H3/b14-8+. The minimum Gasteiger partial charge on any atom is -0.493 e. The average molecular weight is 258 g/mol. The number of halogens is 1. The Balaban J connectivity index is 2.95. The molecule has 5 heteroatoms. The molecule has 0 amide bonds. The van der Waals surface area contributed by atoms with Gasteiger partial charge in [0, 0.05) is 5.56 Å². The molecular formula is C12H16ClNO3. The molecule has 0 heterocycles. The lowest BCUT2D eigenvalue weighted by molar-refractivity contribution is 0.288. The summed E-state index contributed by atoms with van der Waals surface area (Å²) >= 11 is 6.08. The lowest BCUT2D eigenvalue weighted by Gasteiger charge is -2.12. The van der Waals surface area contributed by atoms with Gasteiger partial charge in [-0.05, 0) is 18.6 Å². The maximum atomic E-state index is 8.47. The van der Waals surface area contributed by atoms with Crippen LogP contribution in [0.3, 0.4) is 0 Å². The third-order valence-electron chi connectivity index (χ3n) is 2.20. The van der Waals surface area contributed by atoms with Gasteiger partial charge in [-0.1, -0.05) is 30.1 Å². The van der Waals surface area contributed by atoms with Crippen molar-refractivity contribution >= 4 is 17.8 Å². The van der Waals surface area contributed by atoms with Crippen molar-refractivity contribution in [3.8, 4) is 11.5 Å². The summed E-state index contributed by atoms with van der Waals surface area (Å²) < 4.78 is 10.8. The van der Waals surface area contributed by atoms with Crippen molar-refractivity contribution in [3.05, 3.63) is 22.7 Å². The van der Waals surface area contributed by atoms with Crippen molar-refractivity contribution in [2.24, 2.45) is 5.16 Å². The smallest absolute Gasteiger partial charge is 0.179 e. The number of benzene rings is 1. The van der Waals surface area contributed by atoms with Gasteiger partial charge < -0.3 is 14.7 Å². The summed E-state index contributed by atoms with van der Waals surface area (Å²) in [6.45, 7) is 2.68. The van der Waals surface area contributed by atoms with E-state index in [0.29, 0.717) is 28.7 Å². The summed E-state index contributed by atoms with van der Waals surface area (Å²) in [5.74, 6) is 1.06. The van der Waals surface area contributed by atoms with E-state index in [-0.39, 0.29) is 0 Å². The molecule has 0 bridgehead atoms. The van der Waals surface area contributed by atoms with Crippen molar-refractivity contribution < 1.29 is 14.7 Å². The summed E-state index contributed by atoms with van der Waals surface area (Å²) in [6.07, 6.45) is 3.29. The number of methoxy groups -OCH3 is 1. The summed E-state index contributed by atoms with van der Waals surface area (Å²) in [5.41, 5.74) is 0.650. The quantitative estimate of drug-likeness (QED) is 0.368. The Labute approximate surface area is 106 Å². The number of rotatable bonds is 6. The van der Waals surface area contributed by atoms with E-state index in [9.17, 15) is 0 Å². The molecule has 0 atom stereocenters. The van der Waals surface area contributed by atoms with E-state index in [1.54, 1.807) is 12.1 Å². The molecule has 0 aromatic heterocycles. The maximum Gasteiger partial charge on any atom is 0.179 e. The molecule has 0 spiro atoms. The molecule has 0 unspecified atom stereocenters. The zero-order valence-corrected chi connectivity index (χ0v) is 10.7. The lowest BCUT2D eigenvalue weighted by Crippen LogP contribution is -2.00. The molecule has 17 heavy (non-hydrogen) atoms. The number of unbranched alkanes of at least 4 members (excludes halogenated alkanes) is 1. The maximum absolute atomic E-state index is 8.47. The van der Waals surface area contributed by atoms with Crippen LogP contribution in [0, 0.1) is 0 Å². The van der Waals surface area contributed by atoms with E-state index in [0.717, 1.165) is 12.8 Å². The first kappa shape index (κ1) is 13.6. The fraction of sp³-hybridized carbons (Fsp3) is 0.417. The average Bonchev–Trinajstić information content (AvgIpc) is 2.32. The molecule has 0 aliphatic heterocycles. The van der Waals surface area contributed by atoms with Gasteiger partial charge in [0.2, 0.25) is 0 Å². The van der Waals surface area contributed by atoms with Crippen molar-refractivity contribution in [1.29, 1.82) is 0 Å². The third-order valence-corrected chi connectivity index (χ3v) is 2.48. The number of hydrogen-bond donors (Lipinski definition) is 1. The minimum absolute atomic E-state index is 0.440. The molecule has 1 aromatic rings. The van der Waals surface area contributed by atoms with Gasteiger partial charge in [0.05, 0.1) is 25.0 Å². The van der Waals surface area contributed by atoms with Gasteiger partial charge in [-0.15, -0.1) is 0 Å². The topological polar surface area (TPSA) is 51.0 Å². The minimum atomic E-state index is 0.440. The van der Waals surface area contributed by atoms with Crippen LogP contribution in [0.5, 0.6) is 11.5 Å². The first-order chi connectivity index (χ1) is 8.22. The Morgan fingerprint density at radius 1 is 1.47 bits per heavy atom. The predicted molar refractivity (Wildman–Crippen MR) is 67.8 cm³/mol. The molecule has 4 nitrogen and oxygen atoms in total. The highest BCUT2D eigenvalue weighted by atomic mass is 35.5. The van der Waals surface area contributed by atoms with Crippen LogP contribution in [0.25, 0.3) is 0 Å². The van der Waals surface area contributed by atoms with Gasteiger partial charge in [-0.2, -0.15) is 0 Å². The SMILES string of the molecule is CCCCOc1c(Cl)cc(/C=N/O)cc1OC. The molecular weight excluding hydrogens is 242 g/mol. The second kappa shape index (κ2) is 7.01. The first-order valence-corrected chi connectivity index (χ1v) is 5.78. The van der Waals surface area contributed by atoms with E-state index < -0.39 is 0 Å². The Morgan fingerprint density at radius 2 is 2.24 bits per heavy atom. The highest BCUT2D eigenvalue weighted by Gasteiger charge is 2.11. The highest BCUT2D eigenvalue weighted by Crippen LogP contribution is 2.36. The Hall–Kier alpha value is -1.42. The van der Waals surface area contributed by atoms with Gasteiger partial charge in [0.25, 0.3) is 0 Å². The third kappa shape index (κ3) is 3.82. The highest BCUT2D eigenvalue weighted by molar-refractivity contribution is 6.32.